The molecule has 0 unspecified atom stereocenters. The smallest absolute Gasteiger partial charge is 0.287 e. The molecule has 2 aromatic heterocycles. The molecule has 0 atom stereocenters. The summed E-state index contributed by atoms with van der Waals surface area (Å²) in [4.78, 5) is 2.12. The number of hydrogen-bond donors (Lipinski definition) is 0. The highest BCUT2D eigenvalue weighted by Crippen LogP contribution is 2.24. The van der Waals surface area contributed by atoms with Crippen molar-refractivity contribution in [3.05, 3.63) is 89.2 Å². The molecule has 0 amide bonds. The Morgan fingerprint density at radius 1 is 0.857 bits per heavy atom. The minimum absolute atomic E-state index is 0. The Morgan fingerprint density at radius 3 is 2.23 bits per heavy atom. The van der Waals surface area contributed by atoms with Gasteiger partial charge in [-0.15, -0.1) is 0 Å². The lowest BCUT2D eigenvalue weighted by Gasteiger charge is -2.11. The van der Waals surface area contributed by atoms with Crippen molar-refractivity contribution < 1.29 is 28.4 Å². The zero-order valence-electron chi connectivity index (χ0n) is 20.9. The minimum atomic E-state index is 0. The van der Waals surface area contributed by atoms with Crippen LogP contribution in [0.3, 0.4) is 0 Å². The van der Waals surface area contributed by atoms with Crippen molar-refractivity contribution in [2.24, 2.45) is 0 Å². The quantitative estimate of drug-likeness (QED) is 0.146. The molecule has 2 heterocycles. The fourth-order valence-electron chi connectivity index (χ4n) is 4.30. The number of benzene rings is 2. The van der Waals surface area contributed by atoms with Gasteiger partial charge in [-0.25, -0.2) is 8.97 Å². The number of nitrogens with zero attached hydrogens (tertiary/aromatic N) is 3. The van der Waals surface area contributed by atoms with E-state index in [1.54, 1.807) is 0 Å². The zero-order valence-corrected chi connectivity index (χ0v) is 23.8. The molecular weight excluding hydrogens is 565 g/mol. The highest BCUT2D eigenvalue weighted by molar-refractivity contribution is 6.30. The van der Waals surface area contributed by atoms with E-state index in [1.807, 2.05) is 12.1 Å². The lowest BCUT2D eigenvalue weighted by molar-refractivity contribution is -0.510. The van der Waals surface area contributed by atoms with Gasteiger partial charge in [-0.2, -0.15) is 0 Å². The van der Waals surface area contributed by atoms with E-state index in [-0.39, 0.29) is 24.0 Å². The lowest BCUT2D eigenvalue weighted by Crippen LogP contribution is -3.00. The third-order valence-corrected chi connectivity index (χ3v) is 6.57. The monoisotopic (exact) mass is 599 g/mol. The minimum Gasteiger partial charge on any atom is -1.00 e. The molecule has 0 N–H and O–H groups in total. The van der Waals surface area contributed by atoms with Crippen LogP contribution in [0, 0.1) is 0 Å². The lowest BCUT2D eigenvalue weighted by atomic mass is 10.1. The molecular formula is C30H35ClIN3. The maximum Gasteiger partial charge on any atom is 0.287 e. The second-order valence-electron chi connectivity index (χ2n) is 9.13. The zero-order chi connectivity index (χ0) is 23.9. The van der Waals surface area contributed by atoms with E-state index in [1.165, 1.54) is 65.8 Å². The molecule has 0 spiro atoms. The summed E-state index contributed by atoms with van der Waals surface area (Å²) >= 11 is 6.16. The second kappa shape index (κ2) is 13.1. The maximum atomic E-state index is 6.16. The number of unbranched alkanes of at least 4 members (excludes halogenated alkanes) is 4. The van der Waals surface area contributed by atoms with Crippen LogP contribution in [0.2, 0.25) is 5.02 Å². The Labute approximate surface area is 232 Å². The van der Waals surface area contributed by atoms with Gasteiger partial charge in [-0.05, 0) is 66.4 Å². The van der Waals surface area contributed by atoms with Crippen molar-refractivity contribution in [3.8, 4) is 11.3 Å². The van der Waals surface area contributed by atoms with Crippen LogP contribution in [0.4, 0.5) is 5.69 Å². The fraction of sp³-hybridized carbons (Fsp3) is 0.300. The topological polar surface area (TPSA) is 12.3 Å². The van der Waals surface area contributed by atoms with Crippen molar-refractivity contribution in [2.75, 3.05) is 19.0 Å². The first-order valence-corrected chi connectivity index (χ1v) is 12.7. The van der Waals surface area contributed by atoms with E-state index < -0.39 is 0 Å². The van der Waals surface area contributed by atoms with Crippen LogP contribution in [0.5, 0.6) is 0 Å². The SMILES string of the molecule is CCCCCCCn1c(-c2ccc(Cl)cc2)c[n+]2ccc(/C=C/c3ccc(N(C)C)cc3)cc12.[I-]. The number of fused-ring (bicyclic) bond motifs is 1. The molecule has 4 aromatic rings. The first-order chi connectivity index (χ1) is 16.5. The van der Waals surface area contributed by atoms with E-state index >= 15 is 0 Å². The normalized spacial score (nSPS) is 11.2. The van der Waals surface area contributed by atoms with Gasteiger partial charge in [-0.1, -0.05) is 62.1 Å². The van der Waals surface area contributed by atoms with Crippen LogP contribution in [0.1, 0.15) is 50.2 Å². The number of anilines is 1. The fourth-order valence-corrected chi connectivity index (χ4v) is 4.43. The Hall–Kier alpha value is -2.31. The van der Waals surface area contributed by atoms with Crippen molar-refractivity contribution in [3.63, 3.8) is 0 Å². The molecule has 0 aliphatic heterocycles. The molecule has 0 aliphatic rings. The largest absolute Gasteiger partial charge is 1.00 e. The number of imidazole rings is 1. The summed E-state index contributed by atoms with van der Waals surface area (Å²) < 4.78 is 4.69. The van der Waals surface area contributed by atoms with E-state index in [0.29, 0.717) is 0 Å². The van der Waals surface area contributed by atoms with Crippen molar-refractivity contribution in [2.45, 2.75) is 45.6 Å². The number of aryl methyl sites for hydroxylation is 1. The number of hydrogen-bond acceptors (Lipinski definition) is 1. The molecule has 35 heavy (non-hydrogen) atoms. The molecule has 0 fully saturated rings. The average Bonchev–Trinajstić information content (AvgIpc) is 3.21. The van der Waals surface area contributed by atoms with Gasteiger partial charge in [0.2, 0.25) is 0 Å². The van der Waals surface area contributed by atoms with Gasteiger partial charge < -0.3 is 28.9 Å². The van der Waals surface area contributed by atoms with Crippen molar-refractivity contribution in [1.29, 1.82) is 0 Å². The Balaban J connectivity index is 0.00000342. The summed E-state index contributed by atoms with van der Waals surface area (Å²) in [5.74, 6) is 0. The van der Waals surface area contributed by atoms with Gasteiger partial charge in [0.15, 0.2) is 5.69 Å². The predicted octanol–water partition coefficient (Wildman–Crippen LogP) is 4.76. The van der Waals surface area contributed by atoms with Crippen LogP contribution in [-0.2, 0) is 6.54 Å². The van der Waals surface area contributed by atoms with Crippen LogP contribution >= 0.6 is 11.6 Å². The van der Waals surface area contributed by atoms with Crippen LogP contribution < -0.4 is 33.3 Å². The van der Waals surface area contributed by atoms with E-state index in [9.17, 15) is 0 Å². The predicted molar refractivity (Wildman–Crippen MR) is 146 cm³/mol. The Bertz CT molecular complexity index is 1240. The summed E-state index contributed by atoms with van der Waals surface area (Å²) in [7, 11) is 4.13. The van der Waals surface area contributed by atoms with E-state index in [2.05, 4.69) is 108 Å². The molecule has 0 radical (unpaired) electrons. The summed E-state index contributed by atoms with van der Waals surface area (Å²) in [6.45, 7) is 3.28. The Kier molecular flexibility index (Phi) is 10.2. The van der Waals surface area contributed by atoms with Gasteiger partial charge in [0.05, 0.1) is 12.7 Å². The molecule has 4 rings (SSSR count). The molecule has 0 saturated heterocycles. The first kappa shape index (κ1) is 27.3. The highest BCUT2D eigenvalue weighted by Gasteiger charge is 2.19. The van der Waals surface area contributed by atoms with Gasteiger partial charge in [0.1, 0.15) is 6.20 Å². The molecule has 0 aliphatic carbocycles. The molecule has 3 nitrogen and oxygen atoms in total. The van der Waals surface area contributed by atoms with E-state index in [0.717, 1.165) is 11.6 Å². The molecule has 184 valence electrons. The van der Waals surface area contributed by atoms with Crippen LogP contribution in [0.25, 0.3) is 29.1 Å². The van der Waals surface area contributed by atoms with Gasteiger partial charge in [0.25, 0.3) is 5.65 Å². The van der Waals surface area contributed by atoms with Gasteiger partial charge in [-0.3, -0.25) is 0 Å². The summed E-state index contributed by atoms with van der Waals surface area (Å²) in [6.07, 6.45) is 15.1. The number of halogens is 2. The molecule has 0 bridgehead atoms. The summed E-state index contributed by atoms with van der Waals surface area (Å²) in [6, 6.07) is 21.3. The van der Waals surface area contributed by atoms with Crippen LogP contribution in [-0.4, -0.2) is 18.7 Å². The van der Waals surface area contributed by atoms with Crippen LogP contribution in [0.15, 0.2) is 73.1 Å². The highest BCUT2D eigenvalue weighted by atomic mass is 127. The molecule has 5 heteroatoms. The third kappa shape index (κ3) is 7.11. The summed E-state index contributed by atoms with van der Waals surface area (Å²) in [5, 5.41) is 0.768. The maximum absolute atomic E-state index is 6.16. The number of pyridine rings is 1. The van der Waals surface area contributed by atoms with Crippen molar-refractivity contribution >= 4 is 35.1 Å². The molecule has 0 saturated carbocycles. The standard InChI is InChI=1S/C30H35ClN3.HI/c1-4-5-6-7-8-20-34-29(26-13-15-27(31)16-14-26)23-33-21-19-25(22-30(33)34)10-9-24-11-17-28(18-12-24)32(2)3;/h9-19,21-23H,4-8,20H2,1-3H3;1H/q+1;/p-1. The molecule has 2 aromatic carbocycles. The number of aromatic nitrogens is 2. The number of rotatable bonds is 10. The van der Waals surface area contributed by atoms with Gasteiger partial charge >= 0.3 is 0 Å². The van der Waals surface area contributed by atoms with Gasteiger partial charge in [0, 0.05) is 36.4 Å². The van der Waals surface area contributed by atoms with E-state index in [4.69, 9.17) is 11.6 Å². The summed E-state index contributed by atoms with van der Waals surface area (Å²) in [5.41, 5.74) is 7.25. The average molecular weight is 600 g/mol. The third-order valence-electron chi connectivity index (χ3n) is 6.32. The van der Waals surface area contributed by atoms with Crippen molar-refractivity contribution in [1.82, 2.24) is 4.57 Å². The Morgan fingerprint density at radius 2 is 1.54 bits per heavy atom. The second-order valence-corrected chi connectivity index (χ2v) is 9.57. The first-order valence-electron chi connectivity index (χ1n) is 12.3.